The van der Waals surface area contributed by atoms with Crippen molar-refractivity contribution in [2.75, 3.05) is 0 Å². The molecule has 2 aromatic carbocycles. The molecule has 0 bridgehead atoms. The van der Waals surface area contributed by atoms with E-state index in [1.54, 1.807) is 26.9 Å². The van der Waals surface area contributed by atoms with Crippen molar-refractivity contribution in [1.29, 1.82) is 0 Å². The third-order valence-corrected chi connectivity index (χ3v) is 3.33. The monoisotopic (exact) mass is 353 g/mol. The topological polar surface area (TPSA) is 35.5 Å². The molecule has 0 aliphatic rings. The number of benzene rings is 2. The maximum Gasteiger partial charge on any atom is -0.147 e. The summed E-state index contributed by atoms with van der Waals surface area (Å²) in [6, 6.07) is 15.2. The maximum absolute atomic E-state index is 12.1. The van der Waals surface area contributed by atoms with Gasteiger partial charge in [-0.3, -0.25) is 0 Å². The minimum absolute atomic E-state index is 0. The Morgan fingerprint density at radius 2 is 1.36 bits per heavy atom. The first kappa shape index (κ1) is 18.8. The van der Waals surface area contributed by atoms with E-state index in [1.807, 2.05) is 63.2 Å². The fourth-order valence-electron chi connectivity index (χ4n) is 1.81. The minimum atomic E-state index is -0.548. The maximum atomic E-state index is 12.1. The number of ether oxygens (including phenoxy) is 1. The van der Waals surface area contributed by atoms with Crippen LogP contribution in [0.2, 0.25) is 0 Å². The summed E-state index contributed by atoms with van der Waals surface area (Å²) in [6.07, 6.45) is 0. The molecule has 22 heavy (non-hydrogen) atoms. The molecule has 0 aliphatic carbocycles. The Kier molecular flexibility index (Phi) is 6.67. The number of hydrogen-bond acceptors (Lipinski definition) is 3. The zero-order chi connectivity index (χ0) is 15.5. The fourth-order valence-corrected chi connectivity index (χ4v) is 2.09. The number of rotatable bonds is 3. The first-order valence-electron chi connectivity index (χ1n) is 6.68. The molecule has 0 radical (unpaired) electrons. The third kappa shape index (κ3) is 4.36. The molecule has 115 valence electrons. The summed E-state index contributed by atoms with van der Waals surface area (Å²) in [5, 5.41) is 0. The molecule has 0 spiro atoms. The van der Waals surface area contributed by atoms with E-state index in [4.69, 9.17) is 8.06 Å². The molecule has 0 fully saturated rings. The second-order valence-corrected chi connectivity index (χ2v) is 6.05. The average molecular weight is 354 g/mol. The molecule has 0 N–H and O–H groups in total. The summed E-state index contributed by atoms with van der Waals surface area (Å²) < 4.78 is 11.0. The van der Waals surface area contributed by atoms with Gasteiger partial charge in [-0.15, -0.1) is 12.4 Å². The van der Waals surface area contributed by atoms with Gasteiger partial charge in [0.05, 0.1) is 0 Å². The van der Waals surface area contributed by atoms with Gasteiger partial charge in [0.25, 0.3) is 0 Å². The van der Waals surface area contributed by atoms with Gasteiger partial charge in [0.2, 0.25) is 0 Å². The van der Waals surface area contributed by atoms with Crippen molar-refractivity contribution in [1.82, 2.24) is 0 Å². The van der Waals surface area contributed by atoms with E-state index in [9.17, 15) is 4.79 Å². The third-order valence-electron chi connectivity index (χ3n) is 2.99. The molecule has 3 nitrogen and oxygen atoms in total. The summed E-state index contributed by atoms with van der Waals surface area (Å²) in [7, 11) is 0. The van der Waals surface area contributed by atoms with Crippen molar-refractivity contribution in [3.63, 3.8) is 0 Å². The number of hydrogen-bond donors (Lipinski definition) is 0. The minimum Gasteiger partial charge on any atom is -0.147 e. The van der Waals surface area contributed by atoms with Gasteiger partial charge in [-0.2, -0.15) is 0 Å². The zero-order valence-corrected chi connectivity index (χ0v) is 15.1. The summed E-state index contributed by atoms with van der Waals surface area (Å²) in [5.41, 5.74) is 1.19. The molecular formula is C17H18ClO3Ti. The number of esters is 1. The normalized spacial score (nSPS) is 10.5. The van der Waals surface area contributed by atoms with Crippen LogP contribution in [-0.4, -0.2) is 5.97 Å². The number of carbonyl (C=O) groups excluding carboxylic acids is 1. The summed E-state index contributed by atoms with van der Waals surface area (Å²) in [5.74, 6) is 1.03. The second kappa shape index (κ2) is 7.82. The van der Waals surface area contributed by atoms with Crippen molar-refractivity contribution in [3.8, 4) is 22.6 Å². The molecule has 0 saturated carbocycles. The summed E-state index contributed by atoms with van der Waals surface area (Å²) in [4.78, 5) is 12.1. The average Bonchev–Trinajstić information content (AvgIpc) is 2.47. The molecule has 0 aromatic heterocycles. The SMILES string of the molecule is CC(C)(C)C(=O)Oc1ccccc1-c1ccccc1[O][Ti].Cl. The Bertz CT molecular complexity index is 650. The molecule has 2 aromatic rings. The number of para-hydroxylation sites is 2. The van der Waals surface area contributed by atoms with E-state index < -0.39 is 5.41 Å². The predicted octanol–water partition coefficient (Wildman–Crippen LogP) is 4.57. The van der Waals surface area contributed by atoms with Crippen molar-refractivity contribution in [2.45, 2.75) is 20.8 Å². The van der Waals surface area contributed by atoms with Gasteiger partial charge in [-0.05, 0) is 0 Å². The van der Waals surface area contributed by atoms with E-state index in [-0.39, 0.29) is 18.4 Å². The van der Waals surface area contributed by atoms with Gasteiger partial charge in [0.1, 0.15) is 0 Å². The van der Waals surface area contributed by atoms with E-state index in [2.05, 4.69) is 0 Å². The van der Waals surface area contributed by atoms with Gasteiger partial charge in [0.15, 0.2) is 0 Å². The van der Waals surface area contributed by atoms with Crippen molar-refractivity contribution in [3.05, 3.63) is 48.5 Å². The second-order valence-electron chi connectivity index (χ2n) is 5.73. The standard InChI is InChI=1S/C17H18O3.ClH.Ti/c1-17(2,3)16(19)20-15-11-7-5-9-13(15)12-8-4-6-10-14(12)18;;/h4-11,18H,1-3H3;1H;/q;;+1/p-1. The zero-order valence-electron chi connectivity index (χ0n) is 12.8. The Hall–Kier alpha value is -1.29. The van der Waals surface area contributed by atoms with Crippen LogP contribution in [0.4, 0.5) is 0 Å². The fraction of sp³-hybridized carbons (Fsp3) is 0.235. The molecule has 0 atom stereocenters. The van der Waals surface area contributed by atoms with Crippen LogP contribution in [0.1, 0.15) is 20.8 Å². The van der Waals surface area contributed by atoms with E-state index in [0.29, 0.717) is 5.75 Å². The van der Waals surface area contributed by atoms with E-state index >= 15 is 0 Å². The van der Waals surface area contributed by atoms with Crippen molar-refractivity contribution >= 4 is 18.4 Å². The Labute approximate surface area is 149 Å². The molecule has 0 aliphatic heterocycles. The Morgan fingerprint density at radius 1 is 0.909 bits per heavy atom. The molecule has 0 amide bonds. The van der Waals surface area contributed by atoms with Gasteiger partial charge < -0.3 is 0 Å². The van der Waals surface area contributed by atoms with Crippen LogP contribution >= 0.6 is 12.4 Å². The smallest absolute Gasteiger partial charge is 0.147 e. The molecule has 0 heterocycles. The van der Waals surface area contributed by atoms with E-state index in [0.717, 1.165) is 16.9 Å². The van der Waals surface area contributed by atoms with Gasteiger partial charge in [-0.1, -0.05) is 0 Å². The molecule has 0 saturated heterocycles. The van der Waals surface area contributed by atoms with Crippen LogP contribution in [0.3, 0.4) is 0 Å². The van der Waals surface area contributed by atoms with Gasteiger partial charge in [0, 0.05) is 0 Å². The van der Waals surface area contributed by atoms with Gasteiger partial charge in [-0.25, -0.2) is 0 Å². The molecular weight excluding hydrogens is 336 g/mol. The van der Waals surface area contributed by atoms with Crippen LogP contribution < -0.4 is 8.06 Å². The van der Waals surface area contributed by atoms with Gasteiger partial charge >= 0.3 is 137 Å². The van der Waals surface area contributed by atoms with Crippen molar-refractivity contribution < 1.29 is 33.7 Å². The van der Waals surface area contributed by atoms with Crippen LogP contribution in [0.5, 0.6) is 11.5 Å². The number of carbonyl (C=O) groups is 1. The van der Waals surface area contributed by atoms with Crippen LogP contribution in [-0.2, 0) is 25.6 Å². The number of halogens is 1. The first-order chi connectivity index (χ1) is 9.93. The quantitative estimate of drug-likeness (QED) is 0.461. The van der Waals surface area contributed by atoms with Crippen LogP contribution in [0, 0.1) is 5.41 Å². The van der Waals surface area contributed by atoms with Crippen LogP contribution in [0.25, 0.3) is 11.1 Å². The Balaban J connectivity index is 0.00000242. The predicted molar refractivity (Wildman–Crippen MR) is 84.8 cm³/mol. The molecule has 0 unspecified atom stereocenters. The molecule has 5 heteroatoms. The summed E-state index contributed by atoms with van der Waals surface area (Å²) in [6.45, 7) is 5.50. The largest absolute Gasteiger partial charge is 0.147 e. The Morgan fingerprint density at radius 3 is 1.86 bits per heavy atom. The van der Waals surface area contributed by atoms with Crippen molar-refractivity contribution in [2.24, 2.45) is 5.41 Å². The van der Waals surface area contributed by atoms with Crippen LogP contribution in [0.15, 0.2) is 48.5 Å². The first-order valence-corrected chi connectivity index (χ1v) is 7.31. The van der Waals surface area contributed by atoms with E-state index in [1.165, 1.54) is 0 Å². The molecule has 2 rings (SSSR count). The summed E-state index contributed by atoms with van der Waals surface area (Å²) >= 11 is 1.63.